The predicted octanol–water partition coefficient (Wildman–Crippen LogP) is 0.790. The van der Waals surface area contributed by atoms with Crippen LogP contribution in [-0.4, -0.2) is 39.0 Å². The molecule has 2 atom stereocenters. The highest BCUT2D eigenvalue weighted by molar-refractivity contribution is 4.69. The van der Waals surface area contributed by atoms with Gasteiger partial charge in [0.15, 0.2) is 0 Å². The first-order valence-electron chi connectivity index (χ1n) is 4.67. The van der Waals surface area contributed by atoms with E-state index in [1.54, 1.807) is 7.11 Å². The highest BCUT2D eigenvalue weighted by Crippen LogP contribution is 2.10. The predicted molar refractivity (Wildman–Crippen MR) is 48.3 cm³/mol. The number of ether oxygens (including phenoxy) is 2. The van der Waals surface area contributed by atoms with Gasteiger partial charge in [-0.15, -0.1) is 0 Å². The maximum Gasteiger partial charge on any atom is 0.0700 e. The molecule has 0 aromatic rings. The van der Waals surface area contributed by atoms with E-state index in [0.29, 0.717) is 12.1 Å². The third-order valence-electron chi connectivity index (χ3n) is 2.13. The summed E-state index contributed by atoms with van der Waals surface area (Å²) < 4.78 is 10.5. The van der Waals surface area contributed by atoms with Crippen molar-refractivity contribution in [3.8, 4) is 0 Å². The van der Waals surface area contributed by atoms with Gasteiger partial charge in [0.05, 0.1) is 12.7 Å². The van der Waals surface area contributed by atoms with Gasteiger partial charge in [0.2, 0.25) is 0 Å². The molecule has 0 aliphatic carbocycles. The quantitative estimate of drug-likeness (QED) is 0.666. The number of rotatable bonds is 5. The van der Waals surface area contributed by atoms with E-state index in [4.69, 9.17) is 9.47 Å². The van der Waals surface area contributed by atoms with E-state index in [1.807, 2.05) is 0 Å². The fourth-order valence-electron chi connectivity index (χ4n) is 1.45. The first-order chi connectivity index (χ1) is 5.83. The Kier molecular flexibility index (Phi) is 4.58. The van der Waals surface area contributed by atoms with E-state index in [-0.39, 0.29) is 0 Å². The van der Waals surface area contributed by atoms with Crippen molar-refractivity contribution in [3.63, 3.8) is 0 Å². The summed E-state index contributed by atoms with van der Waals surface area (Å²) in [6.45, 7) is 4.79. The minimum absolute atomic E-state index is 0.430. The molecular weight excluding hydrogens is 154 g/mol. The molecule has 0 radical (unpaired) electrons. The average Bonchev–Trinajstić information content (AvgIpc) is 2.53. The van der Waals surface area contributed by atoms with Crippen molar-refractivity contribution >= 4 is 0 Å². The zero-order valence-corrected chi connectivity index (χ0v) is 8.01. The Hall–Kier alpha value is -0.120. The van der Waals surface area contributed by atoms with Crippen LogP contribution in [0.5, 0.6) is 0 Å². The summed E-state index contributed by atoms with van der Waals surface area (Å²) in [7, 11) is 1.73. The van der Waals surface area contributed by atoms with E-state index in [2.05, 4.69) is 12.2 Å². The molecule has 12 heavy (non-hydrogen) atoms. The molecule has 0 bridgehead atoms. The Morgan fingerprint density at radius 2 is 2.50 bits per heavy atom. The molecular formula is C9H19NO2. The molecule has 1 saturated heterocycles. The molecule has 1 N–H and O–H groups in total. The largest absolute Gasteiger partial charge is 0.383 e. The smallest absolute Gasteiger partial charge is 0.0700 e. The van der Waals surface area contributed by atoms with Gasteiger partial charge in [-0.2, -0.15) is 0 Å². The van der Waals surface area contributed by atoms with Crippen LogP contribution in [0.25, 0.3) is 0 Å². The minimum Gasteiger partial charge on any atom is -0.383 e. The number of hydrogen-bond acceptors (Lipinski definition) is 3. The SMILES string of the molecule is COC[C@H](C)NC[C@H]1CCCO1. The van der Waals surface area contributed by atoms with Crippen molar-refractivity contribution in [2.24, 2.45) is 0 Å². The van der Waals surface area contributed by atoms with Crippen molar-refractivity contribution < 1.29 is 9.47 Å². The summed E-state index contributed by atoms with van der Waals surface area (Å²) in [5, 5.41) is 3.38. The summed E-state index contributed by atoms with van der Waals surface area (Å²) in [6.07, 6.45) is 2.85. The van der Waals surface area contributed by atoms with E-state index in [9.17, 15) is 0 Å². The molecule has 1 heterocycles. The zero-order valence-electron chi connectivity index (χ0n) is 8.01. The summed E-state index contributed by atoms with van der Waals surface area (Å²) in [5.74, 6) is 0. The second-order valence-electron chi connectivity index (χ2n) is 3.40. The molecule has 1 fully saturated rings. The molecule has 1 rings (SSSR count). The first kappa shape index (κ1) is 9.96. The maximum atomic E-state index is 5.48. The second kappa shape index (κ2) is 5.51. The standard InChI is InChI=1S/C9H19NO2/c1-8(7-11-2)10-6-9-4-3-5-12-9/h8-10H,3-7H2,1-2H3/t8-,9+/m0/s1. The molecule has 1 aliphatic heterocycles. The average molecular weight is 173 g/mol. The van der Waals surface area contributed by atoms with Gasteiger partial charge < -0.3 is 14.8 Å². The summed E-state index contributed by atoms with van der Waals surface area (Å²) in [6, 6.07) is 0.430. The van der Waals surface area contributed by atoms with Gasteiger partial charge in [0.25, 0.3) is 0 Å². The van der Waals surface area contributed by atoms with Crippen molar-refractivity contribution in [1.29, 1.82) is 0 Å². The lowest BCUT2D eigenvalue weighted by Crippen LogP contribution is -2.36. The van der Waals surface area contributed by atoms with Crippen molar-refractivity contribution in [3.05, 3.63) is 0 Å². The Bertz CT molecular complexity index is 113. The van der Waals surface area contributed by atoms with Gasteiger partial charge in [-0.05, 0) is 19.8 Å². The molecule has 3 heteroatoms. The monoisotopic (exact) mass is 173 g/mol. The van der Waals surface area contributed by atoms with Crippen LogP contribution in [0.15, 0.2) is 0 Å². The van der Waals surface area contributed by atoms with Gasteiger partial charge in [-0.25, -0.2) is 0 Å². The lowest BCUT2D eigenvalue weighted by Gasteiger charge is -2.15. The molecule has 0 saturated carbocycles. The van der Waals surface area contributed by atoms with Crippen molar-refractivity contribution in [2.75, 3.05) is 26.9 Å². The van der Waals surface area contributed by atoms with Crippen molar-refractivity contribution in [2.45, 2.75) is 31.9 Å². The van der Waals surface area contributed by atoms with Crippen LogP contribution in [0.1, 0.15) is 19.8 Å². The summed E-state index contributed by atoms with van der Waals surface area (Å²) in [5.41, 5.74) is 0. The zero-order chi connectivity index (χ0) is 8.81. The van der Waals surface area contributed by atoms with Gasteiger partial charge in [-0.1, -0.05) is 0 Å². The van der Waals surface area contributed by atoms with Crippen LogP contribution in [0, 0.1) is 0 Å². The first-order valence-corrected chi connectivity index (χ1v) is 4.67. The van der Waals surface area contributed by atoms with Crippen LogP contribution in [0.2, 0.25) is 0 Å². The van der Waals surface area contributed by atoms with Gasteiger partial charge in [-0.3, -0.25) is 0 Å². The Morgan fingerprint density at radius 1 is 1.67 bits per heavy atom. The second-order valence-corrected chi connectivity index (χ2v) is 3.40. The Labute approximate surface area is 74.4 Å². The molecule has 0 unspecified atom stereocenters. The topological polar surface area (TPSA) is 30.5 Å². The molecule has 0 amide bonds. The fraction of sp³-hybridized carbons (Fsp3) is 1.00. The minimum atomic E-state index is 0.430. The molecule has 3 nitrogen and oxygen atoms in total. The molecule has 0 aromatic carbocycles. The van der Waals surface area contributed by atoms with Gasteiger partial charge in [0.1, 0.15) is 0 Å². The molecule has 1 aliphatic rings. The van der Waals surface area contributed by atoms with Crippen LogP contribution >= 0.6 is 0 Å². The fourth-order valence-corrected chi connectivity index (χ4v) is 1.45. The molecule has 72 valence electrons. The lowest BCUT2D eigenvalue weighted by atomic mass is 10.2. The number of methoxy groups -OCH3 is 1. The van der Waals surface area contributed by atoms with E-state index in [0.717, 1.165) is 19.8 Å². The van der Waals surface area contributed by atoms with Crippen LogP contribution in [0.4, 0.5) is 0 Å². The maximum absolute atomic E-state index is 5.48. The highest BCUT2D eigenvalue weighted by Gasteiger charge is 2.15. The van der Waals surface area contributed by atoms with Crippen molar-refractivity contribution in [1.82, 2.24) is 5.32 Å². The van der Waals surface area contributed by atoms with E-state index in [1.165, 1.54) is 12.8 Å². The molecule has 0 aromatic heterocycles. The normalized spacial score (nSPS) is 26.0. The van der Waals surface area contributed by atoms with E-state index < -0.39 is 0 Å². The van der Waals surface area contributed by atoms with E-state index >= 15 is 0 Å². The third kappa shape index (κ3) is 3.52. The van der Waals surface area contributed by atoms with Crippen LogP contribution in [-0.2, 0) is 9.47 Å². The molecule has 0 spiro atoms. The van der Waals surface area contributed by atoms with Crippen LogP contribution < -0.4 is 5.32 Å². The van der Waals surface area contributed by atoms with Gasteiger partial charge >= 0.3 is 0 Å². The van der Waals surface area contributed by atoms with Gasteiger partial charge in [0, 0.05) is 26.3 Å². The van der Waals surface area contributed by atoms with Crippen LogP contribution in [0.3, 0.4) is 0 Å². The number of nitrogens with one attached hydrogen (secondary N) is 1. The third-order valence-corrected chi connectivity index (χ3v) is 2.13. The highest BCUT2D eigenvalue weighted by atomic mass is 16.5. The summed E-state index contributed by atoms with van der Waals surface area (Å²) >= 11 is 0. The Morgan fingerprint density at radius 3 is 3.08 bits per heavy atom. The number of hydrogen-bond donors (Lipinski definition) is 1. The summed E-state index contributed by atoms with van der Waals surface area (Å²) in [4.78, 5) is 0. The lowest BCUT2D eigenvalue weighted by molar-refractivity contribution is 0.101. The Balaban J connectivity index is 1.99.